The summed E-state index contributed by atoms with van der Waals surface area (Å²) in [4.78, 5) is 2.32. The largest absolute Gasteiger partial charge is 0.297 e. The summed E-state index contributed by atoms with van der Waals surface area (Å²) >= 11 is 12.0. The van der Waals surface area contributed by atoms with E-state index in [1.54, 1.807) is 22.5 Å². The zero-order valence-electron chi connectivity index (χ0n) is 15.3. The molecule has 0 radical (unpaired) electrons. The minimum absolute atomic E-state index is 0.00600. The molecule has 4 nitrogen and oxygen atoms in total. The van der Waals surface area contributed by atoms with E-state index in [2.05, 4.69) is 17.0 Å². The summed E-state index contributed by atoms with van der Waals surface area (Å²) in [6.45, 7) is 4.86. The maximum absolute atomic E-state index is 13.0. The number of benzene rings is 2. The van der Waals surface area contributed by atoms with E-state index in [0.29, 0.717) is 22.2 Å². The SMILES string of the molecule is CCN(C1CCN(Cc2ccccc2)C1)S(=O)(=O)Cc1ccc(Cl)c(Cl)c1. The van der Waals surface area contributed by atoms with E-state index in [4.69, 9.17) is 23.2 Å². The number of sulfonamides is 1. The second kappa shape index (κ2) is 8.93. The average molecular weight is 427 g/mol. The predicted molar refractivity (Wildman–Crippen MR) is 112 cm³/mol. The first-order valence-electron chi connectivity index (χ1n) is 9.09. The molecule has 1 atom stereocenters. The van der Waals surface area contributed by atoms with E-state index in [1.807, 2.05) is 25.1 Å². The molecule has 2 aromatic carbocycles. The van der Waals surface area contributed by atoms with Crippen molar-refractivity contribution in [3.05, 3.63) is 69.7 Å². The summed E-state index contributed by atoms with van der Waals surface area (Å²) in [7, 11) is -3.43. The topological polar surface area (TPSA) is 40.6 Å². The summed E-state index contributed by atoms with van der Waals surface area (Å²) in [6.07, 6.45) is 0.848. The number of hydrogen-bond acceptors (Lipinski definition) is 3. The van der Waals surface area contributed by atoms with Crippen LogP contribution in [0.1, 0.15) is 24.5 Å². The highest BCUT2D eigenvalue weighted by Gasteiger charge is 2.33. The molecule has 27 heavy (non-hydrogen) atoms. The van der Waals surface area contributed by atoms with Crippen molar-refractivity contribution in [2.75, 3.05) is 19.6 Å². The van der Waals surface area contributed by atoms with E-state index >= 15 is 0 Å². The van der Waals surface area contributed by atoms with Gasteiger partial charge in [-0.3, -0.25) is 4.90 Å². The fourth-order valence-corrected chi connectivity index (χ4v) is 5.74. The third-order valence-corrected chi connectivity index (χ3v) is 7.61. The van der Waals surface area contributed by atoms with Crippen LogP contribution in [-0.4, -0.2) is 43.3 Å². The number of rotatable bonds is 7. The van der Waals surface area contributed by atoms with Crippen molar-refractivity contribution >= 4 is 33.2 Å². The van der Waals surface area contributed by atoms with Crippen LogP contribution in [0.2, 0.25) is 10.0 Å². The molecule has 7 heteroatoms. The fourth-order valence-electron chi connectivity index (χ4n) is 3.64. The molecule has 0 aromatic heterocycles. The summed E-state index contributed by atoms with van der Waals surface area (Å²) in [5.41, 5.74) is 1.90. The van der Waals surface area contributed by atoms with Crippen molar-refractivity contribution < 1.29 is 8.42 Å². The zero-order chi connectivity index (χ0) is 19.4. The van der Waals surface area contributed by atoms with E-state index in [9.17, 15) is 8.42 Å². The van der Waals surface area contributed by atoms with Gasteiger partial charge in [0.2, 0.25) is 10.0 Å². The maximum atomic E-state index is 13.0. The highest BCUT2D eigenvalue weighted by molar-refractivity contribution is 7.88. The van der Waals surface area contributed by atoms with Crippen LogP contribution in [0.25, 0.3) is 0 Å². The van der Waals surface area contributed by atoms with Crippen molar-refractivity contribution in [2.24, 2.45) is 0 Å². The van der Waals surface area contributed by atoms with E-state index in [0.717, 1.165) is 26.1 Å². The van der Waals surface area contributed by atoms with Gasteiger partial charge < -0.3 is 0 Å². The lowest BCUT2D eigenvalue weighted by atomic mass is 10.2. The van der Waals surface area contributed by atoms with Crippen LogP contribution in [0.3, 0.4) is 0 Å². The molecule has 1 fully saturated rings. The molecule has 0 amide bonds. The molecule has 1 aliphatic rings. The number of nitrogens with zero attached hydrogens (tertiary/aromatic N) is 2. The Bertz CT molecular complexity index is 875. The lowest BCUT2D eigenvalue weighted by Gasteiger charge is -2.27. The Morgan fingerprint density at radius 1 is 1.07 bits per heavy atom. The Labute approximate surface area is 171 Å². The lowest BCUT2D eigenvalue weighted by Crippen LogP contribution is -2.42. The highest BCUT2D eigenvalue weighted by Crippen LogP contribution is 2.26. The van der Waals surface area contributed by atoms with Gasteiger partial charge in [0.1, 0.15) is 0 Å². The van der Waals surface area contributed by atoms with E-state index < -0.39 is 10.0 Å². The Kier molecular flexibility index (Phi) is 6.82. The number of likely N-dealkylation sites (tertiary alicyclic amines) is 1. The van der Waals surface area contributed by atoms with E-state index in [-0.39, 0.29) is 11.8 Å². The summed E-state index contributed by atoms with van der Waals surface area (Å²) in [6, 6.07) is 15.3. The molecule has 0 N–H and O–H groups in total. The van der Waals surface area contributed by atoms with Crippen LogP contribution in [0.5, 0.6) is 0 Å². The first-order valence-corrected chi connectivity index (χ1v) is 11.5. The van der Waals surface area contributed by atoms with Gasteiger partial charge in [-0.1, -0.05) is 66.5 Å². The average Bonchev–Trinajstić information content (AvgIpc) is 3.07. The second-order valence-electron chi connectivity index (χ2n) is 6.87. The summed E-state index contributed by atoms with van der Waals surface area (Å²) in [5, 5.41) is 0.805. The number of halogens is 2. The van der Waals surface area contributed by atoms with Crippen molar-refractivity contribution in [3.8, 4) is 0 Å². The number of likely N-dealkylation sites (N-methyl/N-ethyl adjacent to an activating group) is 1. The minimum Gasteiger partial charge on any atom is -0.297 e. The van der Waals surface area contributed by atoms with Gasteiger partial charge in [0, 0.05) is 32.2 Å². The van der Waals surface area contributed by atoms with Crippen molar-refractivity contribution in [3.63, 3.8) is 0 Å². The van der Waals surface area contributed by atoms with Gasteiger partial charge in [-0.15, -0.1) is 0 Å². The molecule has 1 heterocycles. The van der Waals surface area contributed by atoms with Gasteiger partial charge in [-0.2, -0.15) is 4.31 Å². The molecule has 0 aliphatic carbocycles. The Morgan fingerprint density at radius 2 is 1.81 bits per heavy atom. The molecular weight excluding hydrogens is 403 g/mol. The molecule has 2 aromatic rings. The summed E-state index contributed by atoms with van der Waals surface area (Å²) in [5.74, 6) is -0.0626. The minimum atomic E-state index is -3.43. The lowest BCUT2D eigenvalue weighted by molar-refractivity contribution is 0.285. The highest BCUT2D eigenvalue weighted by atomic mass is 35.5. The number of hydrogen-bond donors (Lipinski definition) is 0. The van der Waals surface area contributed by atoms with Crippen LogP contribution in [0.4, 0.5) is 0 Å². The molecule has 3 rings (SSSR count). The normalized spacial score (nSPS) is 18.3. The third-order valence-electron chi connectivity index (χ3n) is 4.91. The molecular formula is C20H24Cl2N2O2S. The van der Waals surface area contributed by atoms with Crippen molar-refractivity contribution in [1.29, 1.82) is 0 Å². The molecule has 0 spiro atoms. The Hall–Kier alpha value is -1.11. The smallest absolute Gasteiger partial charge is 0.218 e. The zero-order valence-corrected chi connectivity index (χ0v) is 17.6. The van der Waals surface area contributed by atoms with Gasteiger partial charge in [-0.05, 0) is 29.7 Å². The standard InChI is InChI=1S/C20H24Cl2N2O2S/c1-2-24(27(25,26)15-17-8-9-19(21)20(22)12-17)18-10-11-23(14-18)13-16-6-4-3-5-7-16/h3-9,12,18H,2,10-11,13-15H2,1H3. The molecule has 0 bridgehead atoms. The second-order valence-corrected chi connectivity index (χ2v) is 9.61. The molecule has 0 saturated carbocycles. The van der Waals surface area contributed by atoms with Crippen LogP contribution in [0.15, 0.2) is 48.5 Å². The van der Waals surface area contributed by atoms with Gasteiger partial charge >= 0.3 is 0 Å². The van der Waals surface area contributed by atoms with Crippen LogP contribution >= 0.6 is 23.2 Å². The third kappa shape index (κ3) is 5.24. The molecule has 1 unspecified atom stereocenters. The van der Waals surface area contributed by atoms with Crippen molar-refractivity contribution in [2.45, 2.75) is 31.7 Å². The molecule has 1 aliphatic heterocycles. The first-order chi connectivity index (χ1) is 12.9. The maximum Gasteiger partial charge on any atom is 0.218 e. The monoisotopic (exact) mass is 426 g/mol. The van der Waals surface area contributed by atoms with E-state index in [1.165, 1.54) is 5.56 Å². The summed E-state index contributed by atoms with van der Waals surface area (Å²) < 4.78 is 27.7. The predicted octanol–water partition coefficient (Wildman–Crippen LogP) is 4.42. The van der Waals surface area contributed by atoms with Crippen LogP contribution in [-0.2, 0) is 22.3 Å². The van der Waals surface area contributed by atoms with Gasteiger partial charge in [0.25, 0.3) is 0 Å². The van der Waals surface area contributed by atoms with Gasteiger partial charge in [-0.25, -0.2) is 8.42 Å². The van der Waals surface area contributed by atoms with Gasteiger partial charge in [0.05, 0.1) is 15.8 Å². The Morgan fingerprint density at radius 3 is 2.48 bits per heavy atom. The van der Waals surface area contributed by atoms with Crippen molar-refractivity contribution in [1.82, 2.24) is 9.21 Å². The van der Waals surface area contributed by atoms with Gasteiger partial charge in [0.15, 0.2) is 0 Å². The molecule has 146 valence electrons. The van der Waals surface area contributed by atoms with Crippen LogP contribution in [0, 0.1) is 0 Å². The molecule has 1 saturated heterocycles. The Balaban J connectivity index is 1.67. The van der Waals surface area contributed by atoms with Crippen LogP contribution < -0.4 is 0 Å². The fraction of sp³-hybridized carbons (Fsp3) is 0.400. The first kappa shape index (κ1) is 20.6. The quantitative estimate of drug-likeness (QED) is 0.657.